The number of rotatable bonds is 4. The first-order valence-electron chi connectivity index (χ1n) is 6.23. The Bertz CT molecular complexity index is 536. The second kappa shape index (κ2) is 7.17. The van der Waals surface area contributed by atoms with Crippen LogP contribution in [0.15, 0.2) is 48.6 Å². The van der Waals surface area contributed by atoms with E-state index >= 15 is 0 Å². The predicted molar refractivity (Wildman–Crippen MR) is 77.7 cm³/mol. The number of nitrogens with zero attached hydrogens (tertiary/aromatic N) is 2. The summed E-state index contributed by atoms with van der Waals surface area (Å²) in [7, 11) is 0. The Morgan fingerprint density at radius 2 is 2.11 bits per heavy atom. The summed E-state index contributed by atoms with van der Waals surface area (Å²) in [5.74, 6) is -0.0943. The van der Waals surface area contributed by atoms with Crippen molar-refractivity contribution in [3.63, 3.8) is 0 Å². The molecule has 3 heteroatoms. The van der Waals surface area contributed by atoms with Gasteiger partial charge in [-0.3, -0.25) is 4.79 Å². The van der Waals surface area contributed by atoms with Crippen LogP contribution < -0.4 is 4.90 Å². The molecule has 3 nitrogen and oxygen atoms in total. The van der Waals surface area contributed by atoms with Gasteiger partial charge in [0.25, 0.3) is 5.91 Å². The maximum Gasteiger partial charge on any atom is 0.251 e. The summed E-state index contributed by atoms with van der Waals surface area (Å²) < 4.78 is 0. The van der Waals surface area contributed by atoms with Gasteiger partial charge in [0, 0.05) is 17.8 Å². The first kappa shape index (κ1) is 14.7. The molecule has 19 heavy (non-hydrogen) atoms. The molecule has 0 spiro atoms. The summed E-state index contributed by atoms with van der Waals surface area (Å²) in [5.41, 5.74) is 1.29. The van der Waals surface area contributed by atoms with Crippen molar-refractivity contribution in [3.8, 4) is 6.07 Å². The normalized spacial score (nSPS) is 11.1. The van der Waals surface area contributed by atoms with Crippen LogP contribution in [0.3, 0.4) is 0 Å². The highest BCUT2D eigenvalue weighted by Crippen LogP contribution is 2.19. The Hall–Kier alpha value is -2.34. The van der Waals surface area contributed by atoms with E-state index in [1.54, 1.807) is 29.2 Å². The van der Waals surface area contributed by atoms with Gasteiger partial charge in [0.2, 0.25) is 0 Å². The van der Waals surface area contributed by atoms with E-state index in [-0.39, 0.29) is 11.9 Å². The molecule has 1 aromatic carbocycles. The highest BCUT2D eigenvalue weighted by molar-refractivity contribution is 6.02. The van der Waals surface area contributed by atoms with Crippen LogP contribution >= 0.6 is 0 Å². The third-order valence-electron chi connectivity index (χ3n) is 2.55. The first-order valence-corrected chi connectivity index (χ1v) is 6.23. The lowest BCUT2D eigenvalue weighted by Gasteiger charge is -2.25. The Morgan fingerprint density at radius 3 is 2.68 bits per heavy atom. The molecule has 0 aliphatic rings. The number of hydrogen-bond acceptors (Lipinski definition) is 2. The molecule has 0 fully saturated rings. The number of benzene rings is 1. The third kappa shape index (κ3) is 4.11. The van der Waals surface area contributed by atoms with E-state index in [9.17, 15) is 4.79 Å². The molecule has 1 amide bonds. The quantitative estimate of drug-likeness (QED) is 0.610. The molecule has 0 aromatic heterocycles. The van der Waals surface area contributed by atoms with E-state index in [1.165, 1.54) is 6.08 Å². The summed E-state index contributed by atoms with van der Waals surface area (Å²) >= 11 is 0. The second-order valence-electron chi connectivity index (χ2n) is 4.35. The molecule has 1 rings (SSSR count). The minimum absolute atomic E-state index is 0.0247. The number of nitriles is 1. The van der Waals surface area contributed by atoms with E-state index in [0.717, 1.165) is 5.69 Å². The fourth-order valence-electron chi connectivity index (χ4n) is 1.73. The van der Waals surface area contributed by atoms with Gasteiger partial charge in [-0.25, -0.2) is 0 Å². The van der Waals surface area contributed by atoms with Gasteiger partial charge in [-0.05, 0) is 39.0 Å². The summed E-state index contributed by atoms with van der Waals surface area (Å²) in [4.78, 5) is 13.8. The molecule has 0 unspecified atom stereocenters. The van der Waals surface area contributed by atoms with Crippen LogP contribution in [0.4, 0.5) is 5.69 Å². The van der Waals surface area contributed by atoms with Gasteiger partial charge < -0.3 is 4.90 Å². The van der Waals surface area contributed by atoms with Crippen molar-refractivity contribution in [2.45, 2.75) is 26.8 Å². The summed E-state index contributed by atoms with van der Waals surface area (Å²) in [5, 5.41) is 8.92. The average Bonchev–Trinajstić information content (AvgIpc) is 2.39. The lowest BCUT2D eigenvalue weighted by Crippen LogP contribution is -2.35. The zero-order valence-corrected chi connectivity index (χ0v) is 11.5. The zero-order chi connectivity index (χ0) is 14.3. The highest BCUT2D eigenvalue weighted by Gasteiger charge is 2.16. The summed E-state index contributed by atoms with van der Waals surface area (Å²) in [6.45, 7) is 5.78. The molecule has 0 bridgehead atoms. The van der Waals surface area contributed by atoms with Crippen LogP contribution in [-0.4, -0.2) is 11.9 Å². The topological polar surface area (TPSA) is 44.1 Å². The van der Waals surface area contributed by atoms with Gasteiger partial charge in [-0.2, -0.15) is 5.26 Å². The maximum atomic E-state index is 12.2. The molecule has 0 radical (unpaired) electrons. The van der Waals surface area contributed by atoms with Crippen molar-refractivity contribution in [1.29, 1.82) is 5.26 Å². The third-order valence-corrected chi connectivity index (χ3v) is 2.55. The number of amides is 1. The molecule has 0 aliphatic heterocycles. The molecule has 0 heterocycles. The van der Waals surface area contributed by atoms with Crippen LogP contribution in [0.5, 0.6) is 0 Å². The Morgan fingerprint density at radius 1 is 1.37 bits per heavy atom. The number of hydrogen-bond donors (Lipinski definition) is 0. The van der Waals surface area contributed by atoms with Crippen molar-refractivity contribution in [1.82, 2.24) is 0 Å². The first-order chi connectivity index (χ1) is 9.10. The molecule has 0 saturated heterocycles. The number of allylic oxidation sites excluding steroid dienone is 3. The van der Waals surface area contributed by atoms with Crippen LogP contribution in [-0.2, 0) is 4.79 Å². The molecule has 1 aromatic rings. The van der Waals surface area contributed by atoms with Crippen LogP contribution in [0.25, 0.3) is 0 Å². The maximum absolute atomic E-state index is 12.2. The van der Waals surface area contributed by atoms with Crippen molar-refractivity contribution in [2.75, 3.05) is 4.90 Å². The molecule has 0 aliphatic carbocycles. The molecule has 0 saturated carbocycles. The van der Waals surface area contributed by atoms with Crippen LogP contribution in [0, 0.1) is 11.3 Å². The standard InChI is InChI=1S/C16H18N2O/c1-4-5-6-10-16(19)18(13(2)3)15-9-7-8-14(11-15)12-17/h4-11,13H,1-3H3/b5-4+,10-6+. The van der Waals surface area contributed by atoms with Gasteiger partial charge in [-0.15, -0.1) is 0 Å². The Labute approximate surface area is 114 Å². The minimum atomic E-state index is -0.0943. The van der Waals surface area contributed by atoms with E-state index in [4.69, 9.17) is 5.26 Å². The zero-order valence-electron chi connectivity index (χ0n) is 11.5. The Balaban J connectivity index is 3.07. The molecular formula is C16H18N2O. The minimum Gasteiger partial charge on any atom is -0.306 e. The lowest BCUT2D eigenvalue weighted by molar-refractivity contribution is -0.114. The molecule has 98 valence electrons. The SMILES string of the molecule is C/C=C/C=C/C(=O)N(c1cccc(C#N)c1)C(C)C. The summed E-state index contributed by atoms with van der Waals surface area (Å²) in [6.07, 6.45) is 6.91. The molecule has 0 N–H and O–H groups in total. The Kier molecular flexibility index (Phi) is 5.56. The van der Waals surface area contributed by atoms with Crippen LogP contribution in [0.2, 0.25) is 0 Å². The van der Waals surface area contributed by atoms with Crippen molar-refractivity contribution in [3.05, 3.63) is 54.1 Å². The van der Waals surface area contributed by atoms with Gasteiger partial charge in [0.1, 0.15) is 0 Å². The smallest absolute Gasteiger partial charge is 0.251 e. The van der Waals surface area contributed by atoms with E-state index in [0.29, 0.717) is 5.56 Å². The van der Waals surface area contributed by atoms with Crippen molar-refractivity contribution < 1.29 is 4.79 Å². The van der Waals surface area contributed by atoms with Gasteiger partial charge >= 0.3 is 0 Å². The highest BCUT2D eigenvalue weighted by atomic mass is 16.2. The van der Waals surface area contributed by atoms with E-state index in [2.05, 4.69) is 6.07 Å². The van der Waals surface area contributed by atoms with E-state index < -0.39 is 0 Å². The second-order valence-corrected chi connectivity index (χ2v) is 4.35. The lowest BCUT2D eigenvalue weighted by atomic mass is 10.1. The van der Waals surface area contributed by atoms with Gasteiger partial charge in [0.15, 0.2) is 0 Å². The fourth-order valence-corrected chi connectivity index (χ4v) is 1.73. The fraction of sp³-hybridized carbons (Fsp3) is 0.250. The monoisotopic (exact) mass is 254 g/mol. The predicted octanol–water partition coefficient (Wildman–Crippen LogP) is 3.43. The molecule has 0 atom stereocenters. The van der Waals surface area contributed by atoms with Gasteiger partial charge in [0.05, 0.1) is 11.6 Å². The number of carbonyl (C=O) groups is 1. The van der Waals surface area contributed by atoms with Crippen LogP contribution in [0.1, 0.15) is 26.3 Å². The summed E-state index contributed by atoms with van der Waals surface area (Å²) in [6, 6.07) is 9.18. The average molecular weight is 254 g/mol. The number of anilines is 1. The van der Waals surface area contributed by atoms with E-state index in [1.807, 2.05) is 39.0 Å². The number of carbonyl (C=O) groups excluding carboxylic acids is 1. The van der Waals surface area contributed by atoms with Gasteiger partial charge in [-0.1, -0.05) is 24.3 Å². The molecular weight excluding hydrogens is 236 g/mol. The van der Waals surface area contributed by atoms with Crippen molar-refractivity contribution >= 4 is 11.6 Å². The van der Waals surface area contributed by atoms with Crippen molar-refractivity contribution in [2.24, 2.45) is 0 Å². The largest absolute Gasteiger partial charge is 0.306 e.